The van der Waals surface area contributed by atoms with E-state index in [4.69, 9.17) is 16.3 Å². The third kappa shape index (κ3) is 5.52. The van der Waals surface area contributed by atoms with Gasteiger partial charge in [0, 0.05) is 40.3 Å². The molecular weight excluding hydrogens is 643 g/mol. The number of carboxylic acid groups (broad SMARTS) is 1. The number of pyridine rings is 1. The number of nitriles is 1. The quantitative estimate of drug-likeness (QED) is 0.193. The van der Waals surface area contributed by atoms with Gasteiger partial charge in [-0.1, -0.05) is 11.6 Å². The number of anilines is 1. The van der Waals surface area contributed by atoms with Crippen LogP contribution < -0.4 is 15.2 Å². The molecule has 0 unspecified atom stereocenters. The number of aromatic nitrogens is 3. The zero-order valence-corrected chi connectivity index (χ0v) is 26.1. The van der Waals surface area contributed by atoms with Gasteiger partial charge < -0.3 is 14.7 Å². The Hall–Kier alpha value is -4.67. The van der Waals surface area contributed by atoms with Gasteiger partial charge in [0.1, 0.15) is 24.3 Å². The Morgan fingerprint density at radius 2 is 1.89 bits per heavy atom. The van der Waals surface area contributed by atoms with Crippen LogP contribution in [0.15, 0.2) is 40.5 Å². The van der Waals surface area contributed by atoms with Crippen molar-refractivity contribution >= 4 is 55.7 Å². The molecule has 5 aromatic rings. The molecule has 1 aliphatic heterocycles. The van der Waals surface area contributed by atoms with Crippen LogP contribution in [0.1, 0.15) is 45.8 Å². The number of carboxylic acids is 1. The van der Waals surface area contributed by atoms with Crippen molar-refractivity contribution in [3.63, 3.8) is 0 Å². The van der Waals surface area contributed by atoms with E-state index in [1.807, 2.05) is 12.1 Å². The van der Waals surface area contributed by atoms with E-state index in [9.17, 15) is 33.1 Å². The van der Waals surface area contributed by atoms with Crippen molar-refractivity contribution in [2.75, 3.05) is 24.6 Å². The van der Waals surface area contributed by atoms with E-state index in [1.54, 1.807) is 25.1 Å². The molecule has 0 amide bonds. The molecule has 1 saturated heterocycles. The van der Waals surface area contributed by atoms with E-state index >= 15 is 0 Å². The molecule has 1 N–H and O–H groups in total. The molecule has 0 aliphatic carbocycles. The van der Waals surface area contributed by atoms with Crippen molar-refractivity contribution in [1.29, 1.82) is 5.26 Å². The largest absolute Gasteiger partial charge is 0.491 e. The maximum atomic E-state index is 14.2. The van der Waals surface area contributed by atoms with Crippen LogP contribution in [-0.2, 0) is 12.7 Å². The zero-order chi connectivity index (χ0) is 32.9. The smallest absolute Gasteiger partial charge is 0.418 e. The minimum absolute atomic E-state index is 0.0203. The summed E-state index contributed by atoms with van der Waals surface area (Å²) in [4.78, 5) is 35.9. The monoisotopic (exact) mass is 667 g/mol. The summed E-state index contributed by atoms with van der Waals surface area (Å²) in [6.07, 6.45) is -3.39. The van der Waals surface area contributed by atoms with Gasteiger partial charge in [-0.05, 0) is 57.0 Å². The van der Waals surface area contributed by atoms with Crippen molar-refractivity contribution in [1.82, 2.24) is 14.5 Å². The Morgan fingerprint density at radius 1 is 1.15 bits per heavy atom. The molecule has 0 saturated carbocycles. The van der Waals surface area contributed by atoms with Crippen LogP contribution in [-0.4, -0.2) is 45.3 Å². The van der Waals surface area contributed by atoms with Crippen LogP contribution in [0.4, 0.5) is 18.9 Å². The van der Waals surface area contributed by atoms with Crippen molar-refractivity contribution in [2.45, 2.75) is 39.4 Å². The number of aromatic carboxylic acids is 1. The van der Waals surface area contributed by atoms with Crippen molar-refractivity contribution in [3.8, 4) is 22.9 Å². The second kappa shape index (κ2) is 11.9. The van der Waals surface area contributed by atoms with Gasteiger partial charge in [-0.2, -0.15) is 18.4 Å². The molecule has 1 aliphatic rings. The first-order chi connectivity index (χ1) is 21.9. The first-order valence-electron chi connectivity index (χ1n) is 14.2. The molecule has 4 heterocycles. The molecule has 2 aromatic carbocycles. The predicted octanol–water partition coefficient (Wildman–Crippen LogP) is 7.21. The van der Waals surface area contributed by atoms with Gasteiger partial charge in [-0.15, -0.1) is 11.3 Å². The Balaban J connectivity index is 1.39. The maximum absolute atomic E-state index is 14.2. The number of aryl methyl sites for hydroxylation is 2. The molecule has 3 aromatic heterocycles. The molecule has 0 bridgehead atoms. The summed E-state index contributed by atoms with van der Waals surface area (Å²) in [6.45, 7) is 3.90. The summed E-state index contributed by atoms with van der Waals surface area (Å²) in [5.74, 6) is -0.524. The Morgan fingerprint density at radius 3 is 2.57 bits per heavy atom. The molecule has 236 valence electrons. The molecule has 0 spiro atoms. The summed E-state index contributed by atoms with van der Waals surface area (Å²) in [5.41, 5.74) is -0.159. The standard InChI is InChI=1S/C32H25ClF3N5O4S/c1-16-11-20(29-27(38-16)22(15-46-29)31(43)44)19-12-18(33)5-6-25(19)45-10-9-41-17(2)39-24-13-23(32(34,35)36)28(40-7-3-4-8-40)21(14-37)26(24)30(41)42/h5-6,11-13,15H,3-4,7-10H2,1-2H3,(H,43,44). The number of halogens is 4. The number of thiophene rings is 1. The van der Waals surface area contributed by atoms with Crippen LogP contribution in [0.3, 0.4) is 0 Å². The van der Waals surface area contributed by atoms with E-state index in [1.165, 1.54) is 33.1 Å². The van der Waals surface area contributed by atoms with Crippen molar-refractivity contribution in [2.24, 2.45) is 0 Å². The fourth-order valence-corrected chi connectivity index (χ4v) is 7.09. The van der Waals surface area contributed by atoms with E-state index in [2.05, 4.69) is 9.97 Å². The van der Waals surface area contributed by atoms with Crippen LogP contribution in [0.5, 0.6) is 5.75 Å². The Labute approximate surface area is 269 Å². The predicted molar refractivity (Wildman–Crippen MR) is 169 cm³/mol. The minimum Gasteiger partial charge on any atom is -0.491 e. The van der Waals surface area contributed by atoms with Crippen LogP contribution >= 0.6 is 22.9 Å². The van der Waals surface area contributed by atoms with Gasteiger partial charge in [-0.25, -0.2) is 9.78 Å². The number of ether oxygens (including phenoxy) is 1. The van der Waals surface area contributed by atoms with Gasteiger partial charge >= 0.3 is 12.1 Å². The second-order valence-corrected chi connectivity index (χ2v) is 12.2. The summed E-state index contributed by atoms with van der Waals surface area (Å²) < 4.78 is 50.6. The number of hydrogen-bond donors (Lipinski definition) is 1. The third-order valence-corrected chi connectivity index (χ3v) is 9.17. The molecule has 46 heavy (non-hydrogen) atoms. The number of alkyl halides is 3. The molecule has 14 heteroatoms. The lowest BCUT2D eigenvalue weighted by Gasteiger charge is -2.25. The fourth-order valence-electron chi connectivity index (χ4n) is 5.91. The van der Waals surface area contributed by atoms with Gasteiger partial charge in [0.2, 0.25) is 0 Å². The normalized spacial score (nSPS) is 13.5. The van der Waals surface area contributed by atoms with Crippen molar-refractivity contribution in [3.05, 3.63) is 79.3 Å². The summed E-state index contributed by atoms with van der Waals surface area (Å²) in [7, 11) is 0. The maximum Gasteiger partial charge on any atom is 0.418 e. The minimum atomic E-state index is -4.75. The van der Waals surface area contributed by atoms with E-state index in [-0.39, 0.29) is 46.7 Å². The summed E-state index contributed by atoms with van der Waals surface area (Å²) >= 11 is 7.58. The summed E-state index contributed by atoms with van der Waals surface area (Å²) in [5, 5.41) is 21.5. The van der Waals surface area contributed by atoms with E-state index in [0.717, 1.165) is 6.07 Å². The van der Waals surface area contributed by atoms with Crippen LogP contribution in [0.25, 0.3) is 32.2 Å². The van der Waals surface area contributed by atoms with Crippen LogP contribution in [0, 0.1) is 25.2 Å². The highest BCUT2D eigenvalue weighted by Gasteiger charge is 2.38. The number of rotatable bonds is 7. The van der Waals surface area contributed by atoms with Gasteiger partial charge in [-0.3, -0.25) is 14.3 Å². The highest BCUT2D eigenvalue weighted by molar-refractivity contribution is 7.18. The fraction of sp³-hybridized carbons (Fsp3) is 0.281. The average molecular weight is 668 g/mol. The lowest BCUT2D eigenvalue weighted by atomic mass is 10.0. The van der Waals surface area contributed by atoms with Gasteiger partial charge in [0.05, 0.1) is 50.0 Å². The van der Waals surface area contributed by atoms with E-state index in [0.29, 0.717) is 63.7 Å². The third-order valence-electron chi connectivity index (χ3n) is 7.94. The SMILES string of the molecule is Cc1cc(-c2cc(Cl)ccc2OCCn2c(C)nc3cc(C(F)(F)F)c(N4CCCC4)c(C#N)c3c2=O)c2scc(C(=O)O)c2n1. The van der Waals surface area contributed by atoms with Gasteiger partial charge in [0.15, 0.2) is 0 Å². The lowest BCUT2D eigenvalue weighted by molar-refractivity contribution is -0.137. The summed E-state index contributed by atoms with van der Waals surface area (Å²) in [6, 6.07) is 9.53. The lowest BCUT2D eigenvalue weighted by Crippen LogP contribution is -2.29. The van der Waals surface area contributed by atoms with Crippen molar-refractivity contribution < 1.29 is 27.8 Å². The number of fused-ring (bicyclic) bond motifs is 2. The highest BCUT2D eigenvalue weighted by Crippen LogP contribution is 2.43. The molecule has 0 radical (unpaired) electrons. The highest BCUT2D eigenvalue weighted by atomic mass is 35.5. The topological polar surface area (TPSA) is 121 Å². The first-order valence-corrected chi connectivity index (χ1v) is 15.5. The number of hydrogen-bond acceptors (Lipinski definition) is 8. The zero-order valence-electron chi connectivity index (χ0n) is 24.5. The molecular formula is C32H25ClF3N5O4S. The Bertz CT molecular complexity index is 2150. The second-order valence-electron chi connectivity index (χ2n) is 10.9. The van der Waals surface area contributed by atoms with Crippen LogP contribution in [0.2, 0.25) is 5.02 Å². The average Bonchev–Trinajstić information content (AvgIpc) is 3.68. The Kier molecular flexibility index (Phi) is 8.12. The molecule has 1 fully saturated rings. The van der Waals surface area contributed by atoms with E-state index < -0.39 is 23.3 Å². The number of benzene rings is 2. The molecule has 9 nitrogen and oxygen atoms in total. The number of carbonyl (C=O) groups is 1. The number of nitrogens with zero attached hydrogens (tertiary/aromatic N) is 5. The molecule has 0 atom stereocenters. The molecule has 6 rings (SSSR count). The first kappa shape index (κ1) is 31.3. The van der Waals surface area contributed by atoms with Gasteiger partial charge in [0.25, 0.3) is 5.56 Å².